The summed E-state index contributed by atoms with van der Waals surface area (Å²) in [6, 6.07) is 8.89. The molecule has 22 heavy (non-hydrogen) atoms. The number of hydrogen-bond acceptors (Lipinski definition) is 3. The van der Waals surface area contributed by atoms with Crippen molar-refractivity contribution in [1.82, 2.24) is 20.4 Å². The molecule has 2 rings (SSSR count). The highest BCUT2D eigenvalue weighted by Gasteiger charge is 2.06. The van der Waals surface area contributed by atoms with E-state index in [1.54, 1.807) is 35.1 Å². The fourth-order valence-corrected chi connectivity index (χ4v) is 2.09. The number of aromatic nitrogens is 2. The third kappa shape index (κ3) is 5.33. The molecule has 0 bridgehead atoms. The van der Waals surface area contributed by atoms with Crippen molar-refractivity contribution in [3.05, 3.63) is 52.8 Å². The SMILES string of the molecule is O=C(CCNC(=O)c1ccc(Br)cc1)NCCn1cccn1. The Labute approximate surface area is 137 Å². The summed E-state index contributed by atoms with van der Waals surface area (Å²) in [7, 11) is 0. The third-order valence-corrected chi connectivity index (χ3v) is 3.49. The number of halogens is 1. The lowest BCUT2D eigenvalue weighted by Gasteiger charge is -2.07. The minimum absolute atomic E-state index is 0.0942. The molecule has 0 aliphatic rings. The molecule has 6 nitrogen and oxygen atoms in total. The van der Waals surface area contributed by atoms with Gasteiger partial charge in [0.2, 0.25) is 5.91 Å². The number of nitrogens with one attached hydrogen (secondary N) is 2. The van der Waals surface area contributed by atoms with Crippen LogP contribution in [0.3, 0.4) is 0 Å². The minimum Gasteiger partial charge on any atom is -0.354 e. The van der Waals surface area contributed by atoms with Gasteiger partial charge in [-0.05, 0) is 30.3 Å². The van der Waals surface area contributed by atoms with E-state index in [1.165, 1.54) is 0 Å². The molecule has 7 heteroatoms. The van der Waals surface area contributed by atoms with Gasteiger partial charge in [0.15, 0.2) is 0 Å². The van der Waals surface area contributed by atoms with E-state index in [4.69, 9.17) is 0 Å². The lowest BCUT2D eigenvalue weighted by atomic mass is 10.2. The molecule has 1 heterocycles. The molecule has 0 aliphatic carbocycles. The van der Waals surface area contributed by atoms with Crippen LogP contribution in [0.15, 0.2) is 47.2 Å². The number of carbonyl (C=O) groups excluding carboxylic acids is 2. The predicted octanol–water partition coefficient (Wildman–Crippen LogP) is 1.58. The third-order valence-electron chi connectivity index (χ3n) is 2.97. The topological polar surface area (TPSA) is 76.0 Å². The molecule has 116 valence electrons. The zero-order valence-corrected chi connectivity index (χ0v) is 13.5. The van der Waals surface area contributed by atoms with E-state index < -0.39 is 0 Å². The van der Waals surface area contributed by atoms with E-state index >= 15 is 0 Å². The van der Waals surface area contributed by atoms with Gasteiger partial charge in [0.05, 0.1) is 6.54 Å². The summed E-state index contributed by atoms with van der Waals surface area (Å²) in [5.74, 6) is -0.278. The highest BCUT2D eigenvalue weighted by atomic mass is 79.9. The van der Waals surface area contributed by atoms with Gasteiger partial charge in [0.1, 0.15) is 0 Å². The molecule has 0 saturated heterocycles. The van der Waals surface area contributed by atoms with E-state index in [0.29, 0.717) is 25.2 Å². The van der Waals surface area contributed by atoms with Gasteiger partial charge >= 0.3 is 0 Å². The molecule has 0 radical (unpaired) electrons. The van der Waals surface area contributed by atoms with Crippen LogP contribution in [-0.2, 0) is 11.3 Å². The van der Waals surface area contributed by atoms with Crippen LogP contribution >= 0.6 is 15.9 Å². The molecule has 1 aromatic heterocycles. The molecule has 2 amide bonds. The number of amides is 2. The number of benzene rings is 1. The zero-order valence-electron chi connectivity index (χ0n) is 12.0. The minimum atomic E-state index is -0.183. The zero-order chi connectivity index (χ0) is 15.8. The fraction of sp³-hybridized carbons (Fsp3) is 0.267. The molecule has 1 aromatic carbocycles. The average molecular weight is 365 g/mol. The largest absolute Gasteiger partial charge is 0.354 e. The van der Waals surface area contributed by atoms with Gasteiger partial charge in [0.25, 0.3) is 5.91 Å². The molecule has 2 aromatic rings. The Kier molecular flexibility index (Phi) is 6.14. The van der Waals surface area contributed by atoms with Crippen LogP contribution in [0.2, 0.25) is 0 Å². The van der Waals surface area contributed by atoms with Gasteiger partial charge in [-0.3, -0.25) is 14.3 Å². The van der Waals surface area contributed by atoms with Crippen molar-refractivity contribution < 1.29 is 9.59 Å². The van der Waals surface area contributed by atoms with Crippen molar-refractivity contribution in [2.45, 2.75) is 13.0 Å². The van der Waals surface area contributed by atoms with Gasteiger partial charge in [-0.1, -0.05) is 15.9 Å². The maximum atomic E-state index is 11.8. The number of nitrogens with zero attached hydrogens (tertiary/aromatic N) is 2. The molecule has 0 unspecified atom stereocenters. The quantitative estimate of drug-likeness (QED) is 0.782. The first-order valence-electron chi connectivity index (χ1n) is 6.93. The summed E-state index contributed by atoms with van der Waals surface area (Å²) in [4.78, 5) is 23.5. The van der Waals surface area contributed by atoms with Crippen molar-refractivity contribution in [1.29, 1.82) is 0 Å². The second-order valence-electron chi connectivity index (χ2n) is 4.63. The van der Waals surface area contributed by atoms with Gasteiger partial charge < -0.3 is 10.6 Å². The van der Waals surface area contributed by atoms with Crippen LogP contribution in [0.5, 0.6) is 0 Å². The predicted molar refractivity (Wildman–Crippen MR) is 86.3 cm³/mol. The van der Waals surface area contributed by atoms with E-state index in [-0.39, 0.29) is 18.2 Å². The average Bonchev–Trinajstić information content (AvgIpc) is 3.01. The smallest absolute Gasteiger partial charge is 0.251 e. The highest BCUT2D eigenvalue weighted by molar-refractivity contribution is 9.10. The Morgan fingerprint density at radius 3 is 2.59 bits per heavy atom. The van der Waals surface area contributed by atoms with Crippen molar-refractivity contribution >= 4 is 27.7 Å². The summed E-state index contributed by atoms with van der Waals surface area (Å²) < 4.78 is 2.66. The second-order valence-corrected chi connectivity index (χ2v) is 5.55. The van der Waals surface area contributed by atoms with E-state index in [1.807, 2.05) is 12.3 Å². The number of carbonyl (C=O) groups is 2. The first kappa shape index (κ1) is 16.2. The number of rotatable bonds is 7. The van der Waals surface area contributed by atoms with E-state index in [9.17, 15) is 9.59 Å². The van der Waals surface area contributed by atoms with Crippen LogP contribution in [0.1, 0.15) is 16.8 Å². The Morgan fingerprint density at radius 2 is 1.91 bits per heavy atom. The maximum Gasteiger partial charge on any atom is 0.251 e. The fourth-order valence-electron chi connectivity index (χ4n) is 1.82. The molecule has 0 spiro atoms. The van der Waals surface area contributed by atoms with Gasteiger partial charge in [-0.25, -0.2) is 0 Å². The van der Waals surface area contributed by atoms with E-state index in [0.717, 1.165) is 4.47 Å². The van der Waals surface area contributed by atoms with Crippen molar-refractivity contribution in [2.24, 2.45) is 0 Å². The van der Waals surface area contributed by atoms with Crippen LogP contribution in [0.4, 0.5) is 0 Å². The van der Waals surface area contributed by atoms with Crippen LogP contribution in [0, 0.1) is 0 Å². The summed E-state index contributed by atoms with van der Waals surface area (Å²) in [5.41, 5.74) is 0.572. The summed E-state index contributed by atoms with van der Waals surface area (Å²) in [6.45, 7) is 1.45. The second kappa shape index (κ2) is 8.33. The summed E-state index contributed by atoms with van der Waals surface area (Å²) in [6.07, 6.45) is 3.78. The van der Waals surface area contributed by atoms with Crippen molar-refractivity contribution in [3.8, 4) is 0 Å². The summed E-state index contributed by atoms with van der Waals surface area (Å²) >= 11 is 3.31. The molecule has 0 atom stereocenters. The standard InChI is InChI=1S/C15H17BrN4O2/c16-13-4-2-12(3-5-13)15(22)18-8-6-14(21)17-9-11-20-10-1-7-19-20/h1-5,7,10H,6,8-9,11H2,(H,17,21)(H,18,22). The first-order valence-corrected chi connectivity index (χ1v) is 7.72. The van der Waals surface area contributed by atoms with Crippen LogP contribution in [0.25, 0.3) is 0 Å². The Bertz CT molecular complexity index is 611. The van der Waals surface area contributed by atoms with Crippen LogP contribution in [-0.4, -0.2) is 34.7 Å². The van der Waals surface area contributed by atoms with Gasteiger partial charge in [-0.2, -0.15) is 5.10 Å². The monoisotopic (exact) mass is 364 g/mol. The van der Waals surface area contributed by atoms with Crippen molar-refractivity contribution in [3.63, 3.8) is 0 Å². The molecule has 0 aliphatic heterocycles. The van der Waals surface area contributed by atoms with Gasteiger partial charge in [0, 0.05) is 41.9 Å². The summed E-state index contributed by atoms with van der Waals surface area (Å²) in [5, 5.41) is 9.55. The maximum absolute atomic E-state index is 11.8. The molecular weight excluding hydrogens is 348 g/mol. The number of hydrogen-bond donors (Lipinski definition) is 2. The first-order chi connectivity index (χ1) is 10.6. The molecule has 0 saturated carbocycles. The van der Waals surface area contributed by atoms with Gasteiger partial charge in [-0.15, -0.1) is 0 Å². The Morgan fingerprint density at radius 1 is 1.14 bits per heavy atom. The highest BCUT2D eigenvalue weighted by Crippen LogP contribution is 2.10. The normalized spacial score (nSPS) is 10.2. The van der Waals surface area contributed by atoms with Crippen LogP contribution < -0.4 is 10.6 Å². The molecule has 2 N–H and O–H groups in total. The Balaban J connectivity index is 1.62. The lowest BCUT2D eigenvalue weighted by molar-refractivity contribution is -0.120. The lowest BCUT2D eigenvalue weighted by Crippen LogP contribution is -2.32. The van der Waals surface area contributed by atoms with Crippen molar-refractivity contribution in [2.75, 3.05) is 13.1 Å². The Hall–Kier alpha value is -2.15. The van der Waals surface area contributed by atoms with E-state index in [2.05, 4.69) is 31.7 Å². The molecule has 0 fully saturated rings. The molecular formula is C15H17BrN4O2.